The molecule has 0 spiro atoms. The van der Waals surface area contributed by atoms with Crippen LogP contribution < -0.4 is 10.1 Å². The maximum Gasteiger partial charge on any atom is 0.262 e. The topological polar surface area (TPSA) is 78.8 Å². The number of hydrogen-bond acceptors (Lipinski definition) is 4. The van der Waals surface area contributed by atoms with Crippen LogP contribution >= 0.6 is 0 Å². The Morgan fingerprint density at radius 2 is 1.86 bits per heavy atom. The van der Waals surface area contributed by atoms with Crippen molar-refractivity contribution in [3.8, 4) is 11.5 Å². The molecular formula is C22H29N2O4+. The number of rotatable bonds is 7. The van der Waals surface area contributed by atoms with Gasteiger partial charge in [0.2, 0.25) is 0 Å². The molecule has 1 aliphatic rings. The van der Waals surface area contributed by atoms with Gasteiger partial charge < -0.3 is 24.7 Å². The number of aliphatic hydroxyl groups is 1. The molecule has 1 heterocycles. The normalized spacial score (nSPS) is 14.8. The van der Waals surface area contributed by atoms with E-state index in [2.05, 4.69) is 50.6 Å². The van der Waals surface area contributed by atoms with E-state index in [4.69, 9.17) is 4.74 Å². The number of benzene rings is 2. The molecule has 6 heteroatoms. The summed E-state index contributed by atoms with van der Waals surface area (Å²) in [5.41, 5.74) is 3.49. The summed E-state index contributed by atoms with van der Waals surface area (Å²) in [6.07, 6.45) is 1.12. The van der Waals surface area contributed by atoms with Gasteiger partial charge in [0.1, 0.15) is 24.1 Å². The van der Waals surface area contributed by atoms with Crippen molar-refractivity contribution in [1.29, 1.82) is 0 Å². The van der Waals surface area contributed by atoms with Crippen LogP contribution in [0.25, 0.3) is 0 Å². The standard InChI is InChI=1S/C22H28N2O4/c1-4-15-5-7-16(8-6-15)9-10-24(2,3)13-20(26)18-11-17(25)12-19-22(18)28-14-21(27)23-19/h5-8,11-12,20,26H,4,9-10,13-14H2,1-3H3,(H-,23,25,27)/p+1. The molecule has 0 saturated carbocycles. The van der Waals surface area contributed by atoms with Crippen LogP contribution in [-0.2, 0) is 17.6 Å². The lowest BCUT2D eigenvalue weighted by Gasteiger charge is -2.33. The highest BCUT2D eigenvalue weighted by Crippen LogP contribution is 2.39. The average Bonchev–Trinajstić information content (AvgIpc) is 2.65. The lowest BCUT2D eigenvalue weighted by molar-refractivity contribution is -0.893. The molecule has 150 valence electrons. The third-order valence-corrected chi connectivity index (χ3v) is 5.19. The van der Waals surface area contributed by atoms with E-state index in [1.165, 1.54) is 23.3 Å². The van der Waals surface area contributed by atoms with E-state index in [-0.39, 0.29) is 18.3 Å². The van der Waals surface area contributed by atoms with Crippen molar-refractivity contribution >= 4 is 11.6 Å². The smallest absolute Gasteiger partial charge is 0.262 e. The molecule has 28 heavy (non-hydrogen) atoms. The second kappa shape index (κ2) is 8.20. The van der Waals surface area contributed by atoms with Crippen LogP contribution in [0.5, 0.6) is 11.5 Å². The molecule has 0 radical (unpaired) electrons. The van der Waals surface area contributed by atoms with Crippen LogP contribution in [-0.4, -0.2) is 54.4 Å². The van der Waals surface area contributed by atoms with Gasteiger partial charge in [0, 0.05) is 18.1 Å². The second-order valence-corrected chi connectivity index (χ2v) is 8.03. The van der Waals surface area contributed by atoms with Gasteiger partial charge in [0.25, 0.3) is 5.91 Å². The molecule has 1 amide bonds. The fraction of sp³-hybridized carbons (Fsp3) is 0.409. The molecule has 0 fully saturated rings. The Morgan fingerprint density at radius 3 is 2.54 bits per heavy atom. The highest BCUT2D eigenvalue weighted by molar-refractivity contribution is 5.96. The van der Waals surface area contributed by atoms with Crippen molar-refractivity contribution in [2.24, 2.45) is 0 Å². The molecule has 1 unspecified atom stereocenters. The lowest BCUT2D eigenvalue weighted by atomic mass is 10.0. The Bertz CT molecular complexity index is 846. The maximum atomic E-state index is 11.5. The van der Waals surface area contributed by atoms with Gasteiger partial charge in [-0.05, 0) is 23.6 Å². The Hall–Kier alpha value is -2.57. The largest absolute Gasteiger partial charge is 0.508 e. The number of ether oxygens (including phenoxy) is 1. The summed E-state index contributed by atoms with van der Waals surface area (Å²) in [6, 6.07) is 11.6. The quantitative estimate of drug-likeness (QED) is 0.640. The zero-order valence-corrected chi connectivity index (χ0v) is 16.7. The summed E-state index contributed by atoms with van der Waals surface area (Å²) in [7, 11) is 4.14. The average molecular weight is 385 g/mol. The van der Waals surface area contributed by atoms with E-state index in [1.54, 1.807) is 0 Å². The number of carbonyl (C=O) groups excluding carboxylic acids is 1. The predicted molar refractivity (Wildman–Crippen MR) is 109 cm³/mol. The summed E-state index contributed by atoms with van der Waals surface area (Å²) in [6.45, 7) is 3.37. The molecule has 0 aliphatic carbocycles. The van der Waals surface area contributed by atoms with E-state index >= 15 is 0 Å². The number of anilines is 1. The first-order valence-electron chi connectivity index (χ1n) is 9.65. The molecular weight excluding hydrogens is 356 g/mol. The number of aryl methyl sites for hydroxylation is 1. The van der Waals surface area contributed by atoms with E-state index in [0.29, 0.717) is 28.0 Å². The summed E-state index contributed by atoms with van der Waals surface area (Å²) >= 11 is 0. The number of nitrogens with one attached hydrogen (secondary N) is 1. The predicted octanol–water partition coefficient (Wildman–Crippen LogP) is 2.64. The third-order valence-electron chi connectivity index (χ3n) is 5.19. The summed E-state index contributed by atoms with van der Waals surface area (Å²) < 4.78 is 6.12. The molecule has 1 aliphatic heterocycles. The molecule has 0 aromatic heterocycles. The highest BCUT2D eigenvalue weighted by Gasteiger charge is 2.28. The van der Waals surface area contributed by atoms with Crippen molar-refractivity contribution in [2.75, 3.05) is 39.1 Å². The van der Waals surface area contributed by atoms with Gasteiger partial charge >= 0.3 is 0 Å². The lowest BCUT2D eigenvalue weighted by Crippen LogP contribution is -2.44. The second-order valence-electron chi connectivity index (χ2n) is 8.03. The minimum atomic E-state index is -0.826. The number of quaternary nitrogens is 1. The molecule has 0 saturated heterocycles. The minimum absolute atomic E-state index is 0.0140. The number of aromatic hydroxyl groups is 1. The number of likely N-dealkylation sites (N-methyl/N-ethyl adjacent to an activating group) is 1. The van der Waals surface area contributed by atoms with Crippen molar-refractivity contribution in [3.63, 3.8) is 0 Å². The Labute approximate surface area is 166 Å². The van der Waals surface area contributed by atoms with E-state index in [9.17, 15) is 15.0 Å². The Kier molecular flexibility index (Phi) is 5.91. The van der Waals surface area contributed by atoms with Gasteiger partial charge in [0.15, 0.2) is 6.61 Å². The third kappa shape index (κ3) is 4.82. The van der Waals surface area contributed by atoms with Gasteiger partial charge in [-0.1, -0.05) is 31.2 Å². The number of aliphatic hydroxyl groups excluding tert-OH is 1. The summed E-state index contributed by atoms with van der Waals surface area (Å²) in [4.78, 5) is 11.5. The first kappa shape index (κ1) is 20.2. The Morgan fingerprint density at radius 1 is 1.18 bits per heavy atom. The molecule has 0 bridgehead atoms. The van der Waals surface area contributed by atoms with Crippen LogP contribution in [0.2, 0.25) is 0 Å². The number of nitrogens with zero attached hydrogens (tertiary/aromatic N) is 1. The molecule has 1 atom stereocenters. The molecule has 3 rings (SSSR count). The maximum absolute atomic E-state index is 11.5. The van der Waals surface area contributed by atoms with E-state index in [1.807, 2.05) is 0 Å². The Balaban J connectivity index is 1.69. The monoisotopic (exact) mass is 385 g/mol. The van der Waals surface area contributed by atoms with E-state index in [0.717, 1.165) is 19.4 Å². The minimum Gasteiger partial charge on any atom is -0.508 e. The van der Waals surface area contributed by atoms with Crippen LogP contribution in [0.3, 0.4) is 0 Å². The number of carbonyl (C=O) groups is 1. The van der Waals surface area contributed by atoms with Gasteiger partial charge in [-0.25, -0.2) is 0 Å². The van der Waals surface area contributed by atoms with Gasteiger partial charge in [-0.3, -0.25) is 4.79 Å². The zero-order chi connectivity index (χ0) is 20.3. The highest BCUT2D eigenvalue weighted by atomic mass is 16.5. The fourth-order valence-electron chi connectivity index (χ4n) is 3.49. The number of hydrogen-bond donors (Lipinski definition) is 3. The zero-order valence-electron chi connectivity index (χ0n) is 16.7. The molecule has 2 aromatic carbocycles. The van der Waals surface area contributed by atoms with Crippen molar-refractivity contribution in [3.05, 3.63) is 53.1 Å². The van der Waals surface area contributed by atoms with Crippen LogP contribution in [0.1, 0.15) is 29.7 Å². The van der Waals surface area contributed by atoms with Crippen LogP contribution in [0, 0.1) is 0 Å². The summed E-state index contributed by atoms with van der Waals surface area (Å²) in [5, 5.41) is 23.5. The SMILES string of the molecule is CCc1ccc(CC[N+](C)(C)CC(O)c2cc(O)cc3c2OCC(=O)N3)cc1. The fourth-order valence-corrected chi connectivity index (χ4v) is 3.49. The van der Waals surface area contributed by atoms with Crippen molar-refractivity contribution in [1.82, 2.24) is 0 Å². The first-order chi connectivity index (χ1) is 13.3. The van der Waals surface area contributed by atoms with Crippen molar-refractivity contribution < 1.29 is 24.2 Å². The number of phenolic OH excluding ortho intramolecular Hbond substituents is 1. The van der Waals surface area contributed by atoms with Crippen molar-refractivity contribution in [2.45, 2.75) is 25.9 Å². The molecule has 2 aromatic rings. The molecule has 3 N–H and O–H groups in total. The number of fused-ring (bicyclic) bond motifs is 1. The first-order valence-corrected chi connectivity index (χ1v) is 9.65. The van der Waals surface area contributed by atoms with Gasteiger partial charge in [-0.15, -0.1) is 0 Å². The van der Waals surface area contributed by atoms with Crippen LogP contribution in [0.4, 0.5) is 5.69 Å². The van der Waals surface area contributed by atoms with Gasteiger partial charge in [-0.2, -0.15) is 0 Å². The van der Waals surface area contributed by atoms with Crippen LogP contribution in [0.15, 0.2) is 36.4 Å². The number of amides is 1. The summed E-state index contributed by atoms with van der Waals surface area (Å²) in [5.74, 6) is 0.142. The molecule has 6 nitrogen and oxygen atoms in total. The van der Waals surface area contributed by atoms with E-state index < -0.39 is 6.10 Å². The van der Waals surface area contributed by atoms with Gasteiger partial charge in [0.05, 0.1) is 26.3 Å². The number of phenols is 1.